The number of aromatic amines is 2. The Morgan fingerprint density at radius 2 is 1.95 bits per heavy atom. The first-order valence-corrected chi connectivity index (χ1v) is 13.6. The third-order valence-electron chi connectivity index (χ3n) is 6.51. The second-order valence-corrected chi connectivity index (χ2v) is 9.68. The van der Waals surface area contributed by atoms with E-state index in [0.717, 1.165) is 33.8 Å². The van der Waals surface area contributed by atoms with Crippen LogP contribution in [0.2, 0.25) is 0 Å². The maximum absolute atomic E-state index is 16.6. The molecule has 3 aromatic heterocycles. The molecule has 1 aliphatic rings. The molecule has 0 aromatic carbocycles. The number of pyridine rings is 1. The van der Waals surface area contributed by atoms with Crippen LogP contribution in [0.25, 0.3) is 29.0 Å². The van der Waals surface area contributed by atoms with Crippen molar-refractivity contribution in [1.82, 2.24) is 30.5 Å². The summed E-state index contributed by atoms with van der Waals surface area (Å²) < 4.78 is 16.6. The number of halogens is 1. The van der Waals surface area contributed by atoms with Crippen molar-refractivity contribution in [3.8, 4) is 11.5 Å². The lowest BCUT2D eigenvalue weighted by molar-refractivity contribution is 0.680. The first-order chi connectivity index (χ1) is 19.4. The highest BCUT2D eigenvalue weighted by atomic mass is 19.1. The zero-order chi connectivity index (χ0) is 28.6. The number of imidazole rings is 1. The summed E-state index contributed by atoms with van der Waals surface area (Å²) in [6.07, 6.45) is 21.8. The highest BCUT2D eigenvalue weighted by Gasteiger charge is 2.22. The minimum absolute atomic E-state index is 0.236. The Morgan fingerprint density at radius 1 is 1.12 bits per heavy atom. The van der Waals surface area contributed by atoms with Crippen molar-refractivity contribution in [2.24, 2.45) is 0 Å². The van der Waals surface area contributed by atoms with Gasteiger partial charge in [-0.05, 0) is 65.3 Å². The molecule has 0 saturated heterocycles. The van der Waals surface area contributed by atoms with Crippen molar-refractivity contribution in [3.63, 3.8) is 0 Å². The van der Waals surface area contributed by atoms with Crippen LogP contribution in [0.3, 0.4) is 0 Å². The Morgan fingerprint density at radius 3 is 2.60 bits per heavy atom. The van der Waals surface area contributed by atoms with E-state index in [9.17, 15) is 0 Å². The quantitative estimate of drug-likeness (QED) is 0.310. The lowest BCUT2D eigenvalue weighted by atomic mass is 10.0. The molecule has 0 spiro atoms. The number of nitrogens with one attached hydrogen (secondary N) is 3. The standard InChI is InChI=1S/C33H37FN6/c1-7-14-24(36-21(5)6)19-22(8-2)25(9-3)30(34)29-27(10-4)39-40-32(29)33-37-28-17-12-11-16-26(31(28)38-33)23-15-13-18-35-20-23/h7-16,18-21,36,39H,17H2,1-6H3,(H,37,38)/b14-7+,22-8+,24-19+,25-9+,27-10+,30-29-. The Labute approximate surface area is 235 Å². The third-order valence-corrected chi connectivity index (χ3v) is 6.51. The summed E-state index contributed by atoms with van der Waals surface area (Å²) >= 11 is 0. The van der Waals surface area contributed by atoms with Crippen LogP contribution in [-0.4, -0.2) is 31.2 Å². The maximum atomic E-state index is 16.6. The second kappa shape index (κ2) is 13.0. The van der Waals surface area contributed by atoms with Gasteiger partial charge in [0.25, 0.3) is 0 Å². The largest absolute Gasteiger partial charge is 0.383 e. The van der Waals surface area contributed by atoms with Crippen molar-refractivity contribution in [1.29, 1.82) is 0 Å². The van der Waals surface area contributed by atoms with Gasteiger partial charge in [0.2, 0.25) is 0 Å². The topological polar surface area (TPSA) is 82.3 Å². The highest BCUT2D eigenvalue weighted by Crippen LogP contribution is 2.29. The van der Waals surface area contributed by atoms with Gasteiger partial charge in [0.1, 0.15) is 11.5 Å². The molecule has 0 saturated carbocycles. The van der Waals surface area contributed by atoms with E-state index in [1.165, 1.54) is 0 Å². The van der Waals surface area contributed by atoms with Gasteiger partial charge in [0, 0.05) is 53.0 Å². The maximum Gasteiger partial charge on any atom is 0.159 e. The van der Waals surface area contributed by atoms with Crippen LogP contribution in [0.4, 0.5) is 4.39 Å². The molecule has 3 aromatic rings. The van der Waals surface area contributed by atoms with E-state index in [1.54, 1.807) is 12.3 Å². The van der Waals surface area contributed by atoms with Crippen molar-refractivity contribution in [3.05, 3.63) is 117 Å². The highest BCUT2D eigenvalue weighted by molar-refractivity contribution is 5.82. The third kappa shape index (κ3) is 6.04. The van der Waals surface area contributed by atoms with E-state index in [4.69, 9.17) is 4.98 Å². The fourth-order valence-corrected chi connectivity index (χ4v) is 4.72. The van der Waals surface area contributed by atoms with Gasteiger partial charge >= 0.3 is 0 Å². The molecule has 6 nitrogen and oxygen atoms in total. The summed E-state index contributed by atoms with van der Waals surface area (Å²) in [4.78, 5) is 12.7. The number of hydrogen-bond acceptors (Lipinski definition) is 4. The lowest BCUT2D eigenvalue weighted by Gasteiger charge is -2.13. The van der Waals surface area contributed by atoms with Crippen molar-refractivity contribution in [2.75, 3.05) is 0 Å². The fourth-order valence-electron chi connectivity index (χ4n) is 4.72. The molecule has 0 radical (unpaired) electrons. The molecule has 206 valence electrons. The number of hydrogen-bond donors (Lipinski definition) is 3. The summed E-state index contributed by atoms with van der Waals surface area (Å²) in [5.41, 5.74) is 6.24. The number of allylic oxidation sites excluding steroid dienone is 10. The molecule has 0 amide bonds. The van der Waals surface area contributed by atoms with Crippen LogP contribution in [0.15, 0.2) is 90.0 Å². The molecule has 4 rings (SSSR count). The average molecular weight is 537 g/mol. The summed E-state index contributed by atoms with van der Waals surface area (Å²) in [5, 5.41) is 11.9. The molecule has 0 atom stereocenters. The lowest BCUT2D eigenvalue weighted by Crippen LogP contribution is -2.26. The average Bonchev–Trinajstić information content (AvgIpc) is 3.52. The number of nitrogens with zero attached hydrogens (tertiary/aromatic N) is 3. The van der Waals surface area contributed by atoms with E-state index in [0.29, 0.717) is 34.1 Å². The Hall–Kier alpha value is -4.52. The number of rotatable bonds is 8. The van der Waals surface area contributed by atoms with Crippen LogP contribution in [0.1, 0.15) is 58.5 Å². The molecule has 3 N–H and O–H groups in total. The van der Waals surface area contributed by atoms with Gasteiger partial charge in [0.15, 0.2) is 5.82 Å². The first-order valence-electron chi connectivity index (χ1n) is 13.6. The van der Waals surface area contributed by atoms with Gasteiger partial charge in [-0.15, -0.1) is 0 Å². The molecule has 1 aliphatic carbocycles. The smallest absolute Gasteiger partial charge is 0.159 e. The summed E-state index contributed by atoms with van der Waals surface area (Å²) in [7, 11) is 0. The van der Waals surface area contributed by atoms with E-state index in [2.05, 4.69) is 45.4 Å². The van der Waals surface area contributed by atoms with E-state index in [-0.39, 0.29) is 11.9 Å². The van der Waals surface area contributed by atoms with Gasteiger partial charge in [-0.2, -0.15) is 5.10 Å². The van der Waals surface area contributed by atoms with Crippen LogP contribution >= 0.6 is 0 Å². The monoisotopic (exact) mass is 536 g/mol. The van der Waals surface area contributed by atoms with Crippen LogP contribution < -0.4 is 15.9 Å². The van der Waals surface area contributed by atoms with Crippen LogP contribution in [0, 0.1) is 0 Å². The SMILES string of the molecule is C/C=C/C(=C\C(=C/C)C(=C/C)\C(F)=c1\c(-c2nc3c([nH]2)CC=CC=C3c2cccnc2)n[nH]\c1=C\C)NC(C)C. The van der Waals surface area contributed by atoms with E-state index < -0.39 is 0 Å². The zero-order valence-electron chi connectivity index (χ0n) is 24.0. The number of aromatic nitrogens is 5. The van der Waals surface area contributed by atoms with Crippen molar-refractivity contribution < 1.29 is 4.39 Å². The van der Waals surface area contributed by atoms with Gasteiger partial charge < -0.3 is 10.3 Å². The molecule has 3 heterocycles. The molecule has 0 unspecified atom stereocenters. The molecule has 40 heavy (non-hydrogen) atoms. The van der Waals surface area contributed by atoms with E-state index >= 15 is 4.39 Å². The summed E-state index contributed by atoms with van der Waals surface area (Å²) in [6.45, 7) is 11.7. The second-order valence-electron chi connectivity index (χ2n) is 9.68. The Balaban J connectivity index is 1.88. The molecular weight excluding hydrogens is 499 g/mol. The molecular formula is C33H37FN6. The van der Waals surface area contributed by atoms with Gasteiger partial charge in [0.05, 0.1) is 16.3 Å². The van der Waals surface area contributed by atoms with Gasteiger partial charge in [-0.3, -0.25) is 10.1 Å². The first kappa shape index (κ1) is 28.5. The minimum atomic E-state index is -0.373. The van der Waals surface area contributed by atoms with Crippen molar-refractivity contribution >= 4 is 17.5 Å². The predicted octanol–water partition coefficient (Wildman–Crippen LogP) is 5.97. The normalized spacial score (nSPS) is 15.9. The Bertz CT molecular complexity index is 1660. The molecule has 0 fully saturated rings. The zero-order valence-corrected chi connectivity index (χ0v) is 24.0. The van der Waals surface area contributed by atoms with Crippen LogP contribution in [0.5, 0.6) is 0 Å². The summed E-state index contributed by atoms with van der Waals surface area (Å²) in [6, 6.07) is 4.15. The van der Waals surface area contributed by atoms with Gasteiger partial charge in [-0.1, -0.05) is 48.6 Å². The van der Waals surface area contributed by atoms with Crippen LogP contribution in [-0.2, 0) is 6.42 Å². The number of fused-ring (bicyclic) bond motifs is 1. The van der Waals surface area contributed by atoms with E-state index in [1.807, 2.05) is 88.6 Å². The molecule has 0 bridgehead atoms. The predicted molar refractivity (Wildman–Crippen MR) is 163 cm³/mol. The molecule has 0 aliphatic heterocycles. The minimum Gasteiger partial charge on any atom is -0.383 e. The Kier molecular flexibility index (Phi) is 9.27. The fraction of sp³-hybridized carbons (Fsp3) is 0.242. The summed E-state index contributed by atoms with van der Waals surface area (Å²) in [5.74, 6) is 0.135. The molecule has 7 heteroatoms. The number of H-pyrrole nitrogens is 2. The van der Waals surface area contributed by atoms with Crippen molar-refractivity contribution in [2.45, 2.75) is 54.0 Å². The van der Waals surface area contributed by atoms with Gasteiger partial charge in [-0.25, -0.2) is 9.37 Å².